The van der Waals surface area contributed by atoms with Crippen LogP contribution >= 0.6 is 0 Å². The van der Waals surface area contributed by atoms with Crippen molar-refractivity contribution in [2.75, 3.05) is 6.61 Å². The first-order valence-electron chi connectivity index (χ1n) is 6.50. The van der Waals surface area contributed by atoms with E-state index in [-0.39, 0.29) is 17.9 Å². The van der Waals surface area contributed by atoms with E-state index in [9.17, 15) is 4.79 Å². The van der Waals surface area contributed by atoms with Gasteiger partial charge in [-0.05, 0) is 25.3 Å². The van der Waals surface area contributed by atoms with Crippen LogP contribution in [0.1, 0.15) is 31.9 Å². The highest BCUT2D eigenvalue weighted by Crippen LogP contribution is 2.08. The van der Waals surface area contributed by atoms with Gasteiger partial charge in [-0.25, -0.2) is 0 Å². The fourth-order valence-electron chi connectivity index (χ4n) is 1.87. The Morgan fingerprint density at radius 3 is 2.67 bits per heavy atom. The highest BCUT2D eigenvalue weighted by atomic mass is 16.5. The summed E-state index contributed by atoms with van der Waals surface area (Å²) in [6.45, 7) is 9.04. The first-order chi connectivity index (χ1) is 8.54. The Labute approximate surface area is 110 Å². The van der Waals surface area contributed by atoms with Crippen LogP contribution in [-0.2, 0) is 16.1 Å². The van der Waals surface area contributed by atoms with Crippen molar-refractivity contribution >= 4 is 5.97 Å². The zero-order valence-corrected chi connectivity index (χ0v) is 11.7. The summed E-state index contributed by atoms with van der Waals surface area (Å²) in [6, 6.07) is 8.03. The van der Waals surface area contributed by atoms with Crippen molar-refractivity contribution in [2.45, 2.75) is 40.3 Å². The largest absolute Gasteiger partial charge is 0.465 e. The van der Waals surface area contributed by atoms with Crippen molar-refractivity contribution < 1.29 is 9.53 Å². The minimum Gasteiger partial charge on any atom is -0.465 e. The molecule has 0 unspecified atom stereocenters. The number of aryl methyl sites for hydroxylation is 1. The zero-order chi connectivity index (χ0) is 13.5. The van der Waals surface area contributed by atoms with Crippen molar-refractivity contribution in [3.05, 3.63) is 35.4 Å². The summed E-state index contributed by atoms with van der Waals surface area (Å²) in [5.74, 6) is 0.0500. The molecule has 0 saturated carbocycles. The molecule has 0 heterocycles. The molecule has 3 nitrogen and oxygen atoms in total. The smallest absolute Gasteiger partial charge is 0.323 e. The number of carbonyl (C=O) groups excluding carboxylic acids is 1. The van der Waals surface area contributed by atoms with Crippen LogP contribution in [0.2, 0.25) is 0 Å². The Kier molecular flexibility index (Phi) is 5.86. The van der Waals surface area contributed by atoms with E-state index >= 15 is 0 Å². The van der Waals surface area contributed by atoms with Crippen LogP contribution in [0.15, 0.2) is 24.3 Å². The van der Waals surface area contributed by atoms with E-state index in [2.05, 4.69) is 30.4 Å². The molecule has 0 spiro atoms. The van der Waals surface area contributed by atoms with Gasteiger partial charge in [-0.2, -0.15) is 0 Å². The molecule has 100 valence electrons. The molecule has 0 aliphatic heterocycles. The molecule has 0 aliphatic carbocycles. The van der Waals surface area contributed by atoms with Crippen LogP contribution in [-0.4, -0.2) is 18.6 Å². The summed E-state index contributed by atoms with van der Waals surface area (Å²) in [6.07, 6.45) is 0. The number of hydrogen-bond acceptors (Lipinski definition) is 3. The molecule has 0 fully saturated rings. The Morgan fingerprint density at radius 2 is 2.11 bits per heavy atom. The standard InChI is InChI=1S/C15H23NO2/c1-5-18-15(17)14(11(2)3)16-10-13-8-6-7-12(4)9-13/h6-9,11,14,16H,5,10H2,1-4H3/t14-/m0/s1. The Balaban J connectivity index is 2.60. The van der Waals surface area contributed by atoms with Gasteiger partial charge in [0.05, 0.1) is 6.61 Å². The van der Waals surface area contributed by atoms with Crippen LogP contribution in [0.25, 0.3) is 0 Å². The Morgan fingerprint density at radius 1 is 1.39 bits per heavy atom. The summed E-state index contributed by atoms with van der Waals surface area (Å²) in [7, 11) is 0. The predicted molar refractivity (Wildman–Crippen MR) is 73.3 cm³/mol. The van der Waals surface area contributed by atoms with Crippen LogP contribution in [0.5, 0.6) is 0 Å². The van der Waals surface area contributed by atoms with E-state index in [1.165, 1.54) is 11.1 Å². The van der Waals surface area contributed by atoms with Crippen molar-refractivity contribution in [3.63, 3.8) is 0 Å². The van der Waals surface area contributed by atoms with Gasteiger partial charge >= 0.3 is 5.97 Å². The van der Waals surface area contributed by atoms with Gasteiger partial charge in [0.1, 0.15) is 6.04 Å². The summed E-state index contributed by atoms with van der Waals surface area (Å²) in [5.41, 5.74) is 2.41. The predicted octanol–water partition coefficient (Wildman–Crippen LogP) is 2.67. The molecule has 0 bridgehead atoms. The van der Waals surface area contributed by atoms with Gasteiger partial charge in [0.25, 0.3) is 0 Å². The van der Waals surface area contributed by atoms with Crippen molar-refractivity contribution in [3.8, 4) is 0 Å². The van der Waals surface area contributed by atoms with Gasteiger partial charge in [0, 0.05) is 6.54 Å². The molecule has 0 saturated heterocycles. The third-order valence-electron chi connectivity index (χ3n) is 2.82. The maximum Gasteiger partial charge on any atom is 0.323 e. The Hall–Kier alpha value is -1.35. The van der Waals surface area contributed by atoms with E-state index in [4.69, 9.17) is 4.74 Å². The van der Waals surface area contributed by atoms with Gasteiger partial charge < -0.3 is 10.1 Å². The molecular weight excluding hydrogens is 226 g/mol. The van der Waals surface area contributed by atoms with E-state index in [0.29, 0.717) is 13.2 Å². The topological polar surface area (TPSA) is 38.3 Å². The zero-order valence-electron chi connectivity index (χ0n) is 11.7. The normalized spacial score (nSPS) is 12.5. The minimum absolute atomic E-state index is 0.167. The molecule has 0 amide bonds. The van der Waals surface area contributed by atoms with Gasteiger partial charge in [-0.1, -0.05) is 43.7 Å². The maximum absolute atomic E-state index is 11.8. The molecule has 0 radical (unpaired) electrons. The fourth-order valence-corrected chi connectivity index (χ4v) is 1.87. The number of nitrogens with one attached hydrogen (secondary N) is 1. The summed E-state index contributed by atoms with van der Waals surface area (Å²) in [4.78, 5) is 11.8. The first-order valence-corrected chi connectivity index (χ1v) is 6.50. The summed E-state index contributed by atoms with van der Waals surface area (Å²) < 4.78 is 5.08. The molecule has 0 aromatic heterocycles. The first kappa shape index (κ1) is 14.7. The van der Waals surface area contributed by atoms with Crippen LogP contribution in [0.3, 0.4) is 0 Å². The lowest BCUT2D eigenvalue weighted by molar-refractivity contribution is -0.146. The number of benzene rings is 1. The third-order valence-corrected chi connectivity index (χ3v) is 2.82. The lowest BCUT2D eigenvalue weighted by atomic mass is 10.0. The van der Waals surface area contributed by atoms with Crippen molar-refractivity contribution in [2.24, 2.45) is 5.92 Å². The lowest BCUT2D eigenvalue weighted by Crippen LogP contribution is -2.41. The van der Waals surface area contributed by atoms with Crippen molar-refractivity contribution in [1.82, 2.24) is 5.32 Å². The quantitative estimate of drug-likeness (QED) is 0.788. The fraction of sp³-hybridized carbons (Fsp3) is 0.533. The van der Waals surface area contributed by atoms with Gasteiger partial charge in [0.2, 0.25) is 0 Å². The highest BCUT2D eigenvalue weighted by Gasteiger charge is 2.22. The van der Waals surface area contributed by atoms with Gasteiger partial charge in [-0.3, -0.25) is 4.79 Å². The van der Waals surface area contributed by atoms with Crippen molar-refractivity contribution in [1.29, 1.82) is 0 Å². The van der Waals surface area contributed by atoms with Gasteiger partial charge in [0.15, 0.2) is 0 Å². The van der Waals surface area contributed by atoms with Gasteiger partial charge in [-0.15, -0.1) is 0 Å². The molecule has 1 aromatic rings. The molecule has 3 heteroatoms. The number of ether oxygens (including phenoxy) is 1. The van der Waals surface area contributed by atoms with E-state index in [1.54, 1.807) is 0 Å². The number of esters is 1. The van der Waals surface area contributed by atoms with Crippen LogP contribution in [0.4, 0.5) is 0 Å². The molecule has 1 aromatic carbocycles. The second-order valence-electron chi connectivity index (χ2n) is 4.84. The molecular formula is C15H23NO2. The minimum atomic E-state index is -0.245. The van der Waals surface area contributed by atoms with E-state index in [1.807, 2.05) is 26.8 Å². The maximum atomic E-state index is 11.8. The van der Waals surface area contributed by atoms with Crippen LogP contribution in [0, 0.1) is 12.8 Å². The molecule has 1 rings (SSSR count). The molecule has 1 atom stereocenters. The summed E-state index contributed by atoms with van der Waals surface area (Å²) >= 11 is 0. The number of hydrogen-bond donors (Lipinski definition) is 1. The average Bonchev–Trinajstić information content (AvgIpc) is 2.29. The molecule has 1 N–H and O–H groups in total. The Bertz CT molecular complexity index is 388. The van der Waals surface area contributed by atoms with E-state index < -0.39 is 0 Å². The lowest BCUT2D eigenvalue weighted by Gasteiger charge is -2.20. The number of carbonyl (C=O) groups is 1. The van der Waals surface area contributed by atoms with Crippen LogP contribution < -0.4 is 5.32 Å². The molecule has 0 aliphatic rings. The third kappa shape index (κ3) is 4.49. The monoisotopic (exact) mass is 249 g/mol. The number of rotatable bonds is 6. The SMILES string of the molecule is CCOC(=O)[C@@H](NCc1cccc(C)c1)C(C)C. The molecule has 18 heavy (non-hydrogen) atoms. The van der Waals surface area contributed by atoms with E-state index in [0.717, 1.165) is 0 Å². The summed E-state index contributed by atoms with van der Waals surface area (Å²) in [5, 5.41) is 3.27. The average molecular weight is 249 g/mol. The highest BCUT2D eigenvalue weighted by molar-refractivity contribution is 5.76. The second kappa shape index (κ2) is 7.17. The second-order valence-corrected chi connectivity index (χ2v) is 4.84.